The molecule has 1 amide bonds. The minimum atomic E-state index is -3.84. The Balaban J connectivity index is 1.72. The molecule has 1 fully saturated rings. The molecule has 2 aromatic carbocycles. The summed E-state index contributed by atoms with van der Waals surface area (Å²) in [6, 6.07) is 11.2. The summed E-state index contributed by atoms with van der Waals surface area (Å²) in [7, 11) is -3.84. The Morgan fingerprint density at radius 3 is 2.72 bits per heavy atom. The fourth-order valence-corrected chi connectivity index (χ4v) is 6.73. The van der Waals surface area contributed by atoms with Gasteiger partial charge in [-0.1, -0.05) is 41.8 Å². The number of aryl methyl sites for hydroxylation is 1. The van der Waals surface area contributed by atoms with Gasteiger partial charge in [0, 0.05) is 11.6 Å². The zero-order valence-electron chi connectivity index (χ0n) is 17.5. The Morgan fingerprint density at radius 1 is 1.28 bits per heavy atom. The Hall–Kier alpha value is -2.44. The summed E-state index contributed by atoms with van der Waals surface area (Å²) >= 11 is 7.28. The van der Waals surface area contributed by atoms with E-state index in [9.17, 15) is 13.2 Å². The van der Waals surface area contributed by atoms with Crippen molar-refractivity contribution in [3.05, 3.63) is 57.9 Å². The third-order valence-electron chi connectivity index (χ3n) is 5.52. The van der Waals surface area contributed by atoms with E-state index in [2.05, 4.69) is 23.9 Å². The average molecular weight is 488 g/mol. The lowest BCUT2D eigenvalue weighted by Crippen LogP contribution is -2.40. The van der Waals surface area contributed by atoms with Gasteiger partial charge in [0.05, 0.1) is 21.7 Å². The van der Waals surface area contributed by atoms with Gasteiger partial charge in [0.25, 0.3) is 5.91 Å². The van der Waals surface area contributed by atoms with Crippen molar-refractivity contribution in [1.29, 1.82) is 0 Å². The third-order valence-corrected chi connectivity index (χ3v) is 8.74. The van der Waals surface area contributed by atoms with E-state index in [4.69, 9.17) is 18.0 Å². The predicted octanol–water partition coefficient (Wildman–Crippen LogP) is 3.83. The van der Waals surface area contributed by atoms with Crippen LogP contribution < -0.4 is 4.80 Å². The SMILES string of the molecule is C#CCn1c(=NC(=O)C2CCCN2S(=O)(=O)c2ccc(Cl)cc2)sc2cc(CC)ccc21. The van der Waals surface area contributed by atoms with Gasteiger partial charge in [-0.2, -0.15) is 9.30 Å². The number of hydrogen-bond acceptors (Lipinski definition) is 4. The zero-order valence-corrected chi connectivity index (χ0v) is 19.9. The molecule has 4 rings (SSSR count). The zero-order chi connectivity index (χ0) is 22.9. The molecule has 2 heterocycles. The molecule has 1 aromatic heterocycles. The van der Waals surface area contributed by atoms with Crippen LogP contribution in [0.5, 0.6) is 0 Å². The van der Waals surface area contributed by atoms with Crippen LogP contribution in [0.1, 0.15) is 25.3 Å². The van der Waals surface area contributed by atoms with E-state index in [1.54, 1.807) is 0 Å². The molecule has 0 bridgehead atoms. The fraction of sp³-hybridized carbons (Fsp3) is 0.304. The molecule has 3 aromatic rings. The van der Waals surface area contributed by atoms with Crippen LogP contribution in [0.25, 0.3) is 10.2 Å². The number of halogens is 1. The van der Waals surface area contributed by atoms with Gasteiger partial charge in [-0.05, 0) is 61.2 Å². The van der Waals surface area contributed by atoms with Crippen molar-refractivity contribution < 1.29 is 13.2 Å². The molecule has 1 atom stereocenters. The van der Waals surface area contributed by atoms with Crippen molar-refractivity contribution in [3.8, 4) is 12.3 Å². The minimum Gasteiger partial charge on any atom is -0.305 e. The molecular weight excluding hydrogens is 466 g/mol. The summed E-state index contributed by atoms with van der Waals surface area (Å²) in [6.45, 7) is 2.62. The van der Waals surface area contributed by atoms with E-state index in [0.29, 0.717) is 22.7 Å². The van der Waals surface area contributed by atoms with Gasteiger partial charge >= 0.3 is 0 Å². The summed E-state index contributed by atoms with van der Waals surface area (Å²) in [6.07, 6.45) is 7.47. The number of terminal acetylenes is 1. The molecule has 32 heavy (non-hydrogen) atoms. The quantitative estimate of drug-likeness (QED) is 0.513. The van der Waals surface area contributed by atoms with Crippen molar-refractivity contribution in [1.82, 2.24) is 8.87 Å². The highest BCUT2D eigenvalue weighted by Gasteiger charge is 2.39. The van der Waals surface area contributed by atoms with Crippen LogP contribution in [-0.4, -0.2) is 35.8 Å². The van der Waals surface area contributed by atoms with Crippen molar-refractivity contribution in [2.45, 2.75) is 43.7 Å². The number of fused-ring (bicyclic) bond motifs is 1. The topological polar surface area (TPSA) is 71.7 Å². The lowest BCUT2D eigenvalue weighted by Gasteiger charge is -2.21. The number of sulfonamides is 1. The molecule has 0 aliphatic carbocycles. The Labute approximate surface area is 196 Å². The maximum atomic E-state index is 13.2. The Morgan fingerprint density at radius 2 is 2.03 bits per heavy atom. The van der Waals surface area contributed by atoms with Crippen LogP contribution in [0, 0.1) is 12.3 Å². The first kappa shape index (κ1) is 22.7. The molecule has 0 N–H and O–H groups in total. The number of thiazole rings is 1. The van der Waals surface area contributed by atoms with E-state index < -0.39 is 22.0 Å². The molecule has 0 radical (unpaired) electrons. The second-order valence-corrected chi connectivity index (χ2v) is 10.8. The molecule has 1 aliphatic heterocycles. The van der Waals surface area contributed by atoms with E-state index in [1.165, 1.54) is 45.5 Å². The van der Waals surface area contributed by atoms with Crippen molar-refractivity contribution in [2.24, 2.45) is 4.99 Å². The molecule has 0 saturated carbocycles. The number of rotatable bonds is 5. The molecule has 1 unspecified atom stereocenters. The van der Waals surface area contributed by atoms with Crippen LogP contribution in [0.3, 0.4) is 0 Å². The van der Waals surface area contributed by atoms with E-state index in [1.807, 2.05) is 16.7 Å². The molecule has 166 valence electrons. The van der Waals surface area contributed by atoms with Crippen LogP contribution in [-0.2, 0) is 27.8 Å². The molecule has 1 aliphatic rings. The normalized spacial score (nSPS) is 17.7. The van der Waals surface area contributed by atoms with Crippen molar-refractivity contribution >= 4 is 49.1 Å². The lowest BCUT2D eigenvalue weighted by atomic mass is 10.2. The first-order valence-electron chi connectivity index (χ1n) is 10.3. The summed E-state index contributed by atoms with van der Waals surface area (Å²) in [5.74, 6) is 2.14. The number of carbonyl (C=O) groups excluding carboxylic acids is 1. The van der Waals surface area contributed by atoms with Crippen LogP contribution >= 0.6 is 22.9 Å². The predicted molar refractivity (Wildman–Crippen MR) is 127 cm³/mol. The van der Waals surface area contributed by atoms with Gasteiger partial charge in [0.1, 0.15) is 6.04 Å². The number of aromatic nitrogens is 1. The van der Waals surface area contributed by atoms with E-state index in [-0.39, 0.29) is 18.0 Å². The number of nitrogens with zero attached hydrogens (tertiary/aromatic N) is 3. The summed E-state index contributed by atoms with van der Waals surface area (Å²) in [4.78, 5) is 18.1. The maximum absolute atomic E-state index is 13.2. The second-order valence-electron chi connectivity index (χ2n) is 7.51. The first-order chi connectivity index (χ1) is 15.3. The van der Waals surface area contributed by atoms with Gasteiger partial charge in [-0.3, -0.25) is 4.79 Å². The number of benzene rings is 2. The second kappa shape index (κ2) is 9.20. The Bertz CT molecular complexity index is 1380. The highest BCUT2D eigenvalue weighted by atomic mass is 35.5. The average Bonchev–Trinajstić information content (AvgIpc) is 3.40. The number of carbonyl (C=O) groups is 1. The molecular formula is C23H22ClN3O3S2. The summed E-state index contributed by atoms with van der Waals surface area (Å²) in [5.41, 5.74) is 2.09. The van der Waals surface area contributed by atoms with Gasteiger partial charge in [0.2, 0.25) is 10.0 Å². The minimum absolute atomic E-state index is 0.109. The molecule has 9 heteroatoms. The number of hydrogen-bond donors (Lipinski definition) is 0. The summed E-state index contributed by atoms with van der Waals surface area (Å²) < 4.78 is 30.4. The fourth-order valence-electron chi connectivity index (χ4n) is 3.85. The Kier molecular flexibility index (Phi) is 6.54. The van der Waals surface area contributed by atoms with E-state index in [0.717, 1.165) is 16.6 Å². The number of amides is 1. The van der Waals surface area contributed by atoms with Crippen LogP contribution in [0.2, 0.25) is 5.02 Å². The van der Waals surface area contributed by atoms with Crippen molar-refractivity contribution in [2.75, 3.05) is 6.54 Å². The van der Waals surface area contributed by atoms with Gasteiger partial charge in [0.15, 0.2) is 4.80 Å². The maximum Gasteiger partial charge on any atom is 0.266 e. The molecule has 0 spiro atoms. The van der Waals surface area contributed by atoms with Gasteiger partial charge in [-0.25, -0.2) is 8.42 Å². The highest BCUT2D eigenvalue weighted by molar-refractivity contribution is 7.89. The summed E-state index contributed by atoms with van der Waals surface area (Å²) in [5, 5.41) is 0.446. The van der Waals surface area contributed by atoms with E-state index >= 15 is 0 Å². The van der Waals surface area contributed by atoms with Gasteiger partial charge in [-0.15, -0.1) is 6.42 Å². The van der Waals surface area contributed by atoms with Gasteiger partial charge < -0.3 is 4.57 Å². The first-order valence-corrected chi connectivity index (χ1v) is 12.9. The molecule has 6 nitrogen and oxygen atoms in total. The highest BCUT2D eigenvalue weighted by Crippen LogP contribution is 2.28. The third kappa shape index (κ3) is 4.26. The standard InChI is InChI=1S/C23H22ClN3O3S2/c1-3-13-26-19-12-7-16(4-2)15-21(19)31-23(26)25-22(28)20-6-5-14-27(20)32(29,30)18-10-8-17(24)9-11-18/h1,7-12,15,20H,4-6,13-14H2,2H3. The van der Waals surface area contributed by atoms with Crippen molar-refractivity contribution in [3.63, 3.8) is 0 Å². The van der Waals surface area contributed by atoms with Crippen LogP contribution in [0.4, 0.5) is 0 Å². The molecule has 1 saturated heterocycles. The van der Waals surface area contributed by atoms with Crippen LogP contribution in [0.15, 0.2) is 52.4 Å². The largest absolute Gasteiger partial charge is 0.305 e. The smallest absolute Gasteiger partial charge is 0.266 e. The monoisotopic (exact) mass is 487 g/mol. The lowest BCUT2D eigenvalue weighted by molar-refractivity contribution is -0.121.